The van der Waals surface area contributed by atoms with Crippen molar-refractivity contribution in [2.75, 3.05) is 7.11 Å². The molecule has 1 fully saturated rings. The zero-order valence-electron chi connectivity index (χ0n) is 14.5. The molecule has 0 bridgehead atoms. The van der Waals surface area contributed by atoms with Crippen molar-refractivity contribution >= 4 is 11.8 Å². The molecule has 130 valence electrons. The fourth-order valence-electron chi connectivity index (χ4n) is 2.85. The largest absolute Gasteiger partial charge is 0.354 e. The molecular weight excluding hydrogens is 318 g/mol. The van der Waals surface area contributed by atoms with Crippen LogP contribution in [0.3, 0.4) is 0 Å². The molecule has 0 N–H and O–H groups in total. The Morgan fingerprint density at radius 3 is 2.12 bits per heavy atom. The molecular formula is C20H21NO4. The van der Waals surface area contributed by atoms with Gasteiger partial charge in [0, 0.05) is 12.7 Å². The molecule has 0 radical (unpaired) electrons. The van der Waals surface area contributed by atoms with Gasteiger partial charge in [0.1, 0.15) is 6.04 Å². The predicted octanol–water partition coefficient (Wildman–Crippen LogP) is 3.18. The standard InChI is InChI=1S/C20H21NO4/c1-20(2,24-3)25-17-16(14-10-6-4-7-11-14)21(19(17)23)18(22)15-12-8-5-9-13-15/h4-13,16-17H,1-3H3/t16?,17-/m1/s1. The molecule has 1 aliphatic rings. The molecule has 2 atom stereocenters. The van der Waals surface area contributed by atoms with Gasteiger partial charge < -0.3 is 9.47 Å². The SMILES string of the molecule is COC(C)(C)O[C@H]1C(=O)N(C(=O)c2ccccc2)C1c1ccccc1. The van der Waals surface area contributed by atoms with Crippen molar-refractivity contribution in [1.82, 2.24) is 4.90 Å². The van der Waals surface area contributed by atoms with E-state index in [2.05, 4.69) is 0 Å². The van der Waals surface area contributed by atoms with E-state index >= 15 is 0 Å². The van der Waals surface area contributed by atoms with Gasteiger partial charge >= 0.3 is 0 Å². The summed E-state index contributed by atoms with van der Waals surface area (Å²) in [4.78, 5) is 26.8. The van der Waals surface area contributed by atoms with Gasteiger partial charge in [0.25, 0.3) is 11.8 Å². The summed E-state index contributed by atoms with van der Waals surface area (Å²) in [6.45, 7) is 3.48. The smallest absolute Gasteiger partial charge is 0.261 e. The van der Waals surface area contributed by atoms with Gasteiger partial charge in [0.2, 0.25) is 0 Å². The maximum Gasteiger partial charge on any atom is 0.261 e. The van der Waals surface area contributed by atoms with E-state index < -0.39 is 17.9 Å². The number of hydrogen-bond donors (Lipinski definition) is 0. The minimum Gasteiger partial charge on any atom is -0.354 e. The van der Waals surface area contributed by atoms with Crippen LogP contribution in [0.1, 0.15) is 35.8 Å². The maximum absolute atomic E-state index is 12.8. The Labute approximate surface area is 147 Å². The van der Waals surface area contributed by atoms with Gasteiger partial charge in [-0.1, -0.05) is 48.5 Å². The number of hydrogen-bond acceptors (Lipinski definition) is 4. The summed E-state index contributed by atoms with van der Waals surface area (Å²) in [5.74, 6) is -1.60. The van der Waals surface area contributed by atoms with Gasteiger partial charge in [-0.3, -0.25) is 14.5 Å². The number of likely N-dealkylation sites (tertiary alicyclic amines) is 1. The first-order valence-corrected chi connectivity index (χ1v) is 8.15. The molecule has 1 unspecified atom stereocenters. The third kappa shape index (κ3) is 3.34. The number of ether oxygens (including phenoxy) is 2. The van der Waals surface area contributed by atoms with Crippen molar-refractivity contribution in [2.24, 2.45) is 0 Å². The molecule has 2 aromatic carbocycles. The van der Waals surface area contributed by atoms with Crippen LogP contribution in [0.4, 0.5) is 0 Å². The molecule has 0 saturated carbocycles. The number of β-lactam (4-membered cyclic amide) rings is 1. The molecule has 5 heteroatoms. The highest BCUT2D eigenvalue weighted by Crippen LogP contribution is 2.40. The van der Waals surface area contributed by atoms with E-state index in [0.717, 1.165) is 5.56 Å². The first-order chi connectivity index (χ1) is 11.9. The number of imide groups is 1. The zero-order valence-corrected chi connectivity index (χ0v) is 14.5. The molecule has 1 aliphatic heterocycles. The second-order valence-corrected chi connectivity index (χ2v) is 6.38. The quantitative estimate of drug-likeness (QED) is 0.477. The Balaban J connectivity index is 1.93. The Bertz CT molecular complexity index is 758. The van der Waals surface area contributed by atoms with Gasteiger partial charge in [-0.2, -0.15) is 0 Å². The third-order valence-electron chi connectivity index (χ3n) is 4.33. The Kier molecular flexibility index (Phi) is 4.70. The molecule has 1 saturated heterocycles. The second kappa shape index (κ2) is 6.78. The summed E-state index contributed by atoms with van der Waals surface area (Å²) in [5, 5.41) is 0. The van der Waals surface area contributed by atoms with E-state index in [4.69, 9.17) is 9.47 Å². The first-order valence-electron chi connectivity index (χ1n) is 8.15. The third-order valence-corrected chi connectivity index (χ3v) is 4.33. The van der Waals surface area contributed by atoms with E-state index in [-0.39, 0.29) is 11.8 Å². The molecule has 25 heavy (non-hydrogen) atoms. The van der Waals surface area contributed by atoms with Gasteiger partial charge in [0.15, 0.2) is 11.9 Å². The van der Waals surface area contributed by atoms with Gasteiger partial charge in [-0.15, -0.1) is 0 Å². The minimum atomic E-state index is -0.921. The molecule has 2 amide bonds. The van der Waals surface area contributed by atoms with E-state index in [1.165, 1.54) is 12.0 Å². The number of amides is 2. The van der Waals surface area contributed by atoms with Crippen LogP contribution < -0.4 is 0 Å². The van der Waals surface area contributed by atoms with Crippen molar-refractivity contribution in [1.29, 1.82) is 0 Å². The molecule has 0 aromatic heterocycles. The Morgan fingerprint density at radius 2 is 1.56 bits per heavy atom. The van der Waals surface area contributed by atoms with Crippen LogP contribution in [0, 0.1) is 0 Å². The van der Waals surface area contributed by atoms with Crippen LogP contribution in [-0.4, -0.2) is 35.7 Å². The van der Waals surface area contributed by atoms with Crippen LogP contribution in [-0.2, 0) is 14.3 Å². The minimum absolute atomic E-state index is 0.325. The Hall–Kier alpha value is -2.50. The summed E-state index contributed by atoms with van der Waals surface area (Å²) in [7, 11) is 1.52. The Morgan fingerprint density at radius 1 is 1.00 bits per heavy atom. The average molecular weight is 339 g/mol. The average Bonchev–Trinajstić information content (AvgIpc) is 2.65. The monoisotopic (exact) mass is 339 g/mol. The topological polar surface area (TPSA) is 55.8 Å². The molecule has 0 spiro atoms. The first kappa shape index (κ1) is 17.3. The highest BCUT2D eigenvalue weighted by atomic mass is 16.7. The highest BCUT2D eigenvalue weighted by Gasteiger charge is 2.54. The van der Waals surface area contributed by atoms with E-state index in [1.54, 1.807) is 38.1 Å². The normalized spacial score (nSPS) is 20.3. The van der Waals surface area contributed by atoms with Crippen molar-refractivity contribution in [3.05, 3.63) is 71.8 Å². The van der Waals surface area contributed by atoms with Crippen LogP contribution in [0.5, 0.6) is 0 Å². The lowest BCUT2D eigenvalue weighted by atomic mass is 9.89. The fraction of sp³-hybridized carbons (Fsp3) is 0.300. The maximum atomic E-state index is 12.8. The summed E-state index contributed by atoms with van der Waals surface area (Å²) in [6.07, 6.45) is -0.759. The van der Waals surface area contributed by atoms with E-state index in [9.17, 15) is 9.59 Å². The molecule has 3 rings (SSSR count). The summed E-state index contributed by atoms with van der Waals surface area (Å²) in [5.41, 5.74) is 1.32. The van der Waals surface area contributed by atoms with Crippen LogP contribution in [0.2, 0.25) is 0 Å². The summed E-state index contributed by atoms with van der Waals surface area (Å²) in [6, 6.07) is 17.7. The molecule has 5 nitrogen and oxygen atoms in total. The number of carbonyl (C=O) groups is 2. The zero-order chi connectivity index (χ0) is 18.0. The lowest BCUT2D eigenvalue weighted by Gasteiger charge is -2.47. The number of methoxy groups -OCH3 is 1. The number of rotatable bonds is 5. The van der Waals surface area contributed by atoms with E-state index in [1.807, 2.05) is 36.4 Å². The number of nitrogens with zero attached hydrogens (tertiary/aromatic N) is 1. The van der Waals surface area contributed by atoms with Crippen LogP contribution in [0.15, 0.2) is 60.7 Å². The highest BCUT2D eigenvalue weighted by molar-refractivity contribution is 6.10. The second-order valence-electron chi connectivity index (χ2n) is 6.38. The summed E-state index contributed by atoms with van der Waals surface area (Å²) >= 11 is 0. The number of benzene rings is 2. The molecule has 0 aliphatic carbocycles. The van der Waals surface area contributed by atoms with Crippen molar-refractivity contribution in [3.8, 4) is 0 Å². The van der Waals surface area contributed by atoms with Crippen LogP contribution >= 0.6 is 0 Å². The van der Waals surface area contributed by atoms with Crippen molar-refractivity contribution in [2.45, 2.75) is 31.8 Å². The van der Waals surface area contributed by atoms with Gasteiger partial charge in [0.05, 0.1) is 0 Å². The lowest BCUT2D eigenvalue weighted by Crippen LogP contribution is -2.63. The fourth-order valence-corrected chi connectivity index (χ4v) is 2.85. The van der Waals surface area contributed by atoms with Crippen molar-refractivity contribution < 1.29 is 19.1 Å². The van der Waals surface area contributed by atoms with Gasteiger partial charge in [-0.05, 0) is 31.5 Å². The molecule has 1 heterocycles. The summed E-state index contributed by atoms with van der Waals surface area (Å²) < 4.78 is 11.1. The van der Waals surface area contributed by atoms with Crippen LogP contribution in [0.25, 0.3) is 0 Å². The molecule has 2 aromatic rings. The van der Waals surface area contributed by atoms with E-state index in [0.29, 0.717) is 5.56 Å². The lowest BCUT2D eigenvalue weighted by molar-refractivity contribution is -0.250. The predicted molar refractivity (Wildman–Crippen MR) is 92.8 cm³/mol. The van der Waals surface area contributed by atoms with Crippen molar-refractivity contribution in [3.63, 3.8) is 0 Å². The number of carbonyl (C=O) groups excluding carboxylic acids is 2. The van der Waals surface area contributed by atoms with Gasteiger partial charge in [-0.25, -0.2) is 0 Å².